The average molecular weight is 488 g/mol. The number of rotatable bonds is 7. The van der Waals surface area contributed by atoms with Crippen LogP contribution in [0.3, 0.4) is 0 Å². The third-order valence-electron chi connectivity index (χ3n) is 5.67. The smallest absolute Gasteiger partial charge is 0.236 e. The van der Waals surface area contributed by atoms with Gasteiger partial charge in [0.1, 0.15) is 18.2 Å². The number of piperidine rings is 1. The van der Waals surface area contributed by atoms with Crippen LogP contribution in [0.4, 0.5) is 15.9 Å². The highest BCUT2D eigenvalue weighted by Crippen LogP contribution is 2.36. The van der Waals surface area contributed by atoms with Crippen molar-refractivity contribution in [1.29, 1.82) is 0 Å². The second-order valence-electron chi connectivity index (χ2n) is 8.40. The standard InChI is InChI=1S/C24H27ClFN5O3/c1-30(2)13-22(32)31-9-7-15(8-10-31)34-21-11-16-19(12-20(21)33-3)27-14-28-24(16)29-18-6-4-5-17(25)23(18)26/h4-6,11-12,14-15H,7-10,13H2,1-3H3,(H,27,28,29). The highest BCUT2D eigenvalue weighted by Gasteiger charge is 2.25. The molecule has 2 aromatic carbocycles. The summed E-state index contributed by atoms with van der Waals surface area (Å²) in [7, 11) is 5.33. The van der Waals surface area contributed by atoms with Gasteiger partial charge in [-0.3, -0.25) is 4.79 Å². The van der Waals surface area contributed by atoms with Crippen LogP contribution in [0.25, 0.3) is 10.9 Å². The number of ether oxygens (including phenoxy) is 2. The van der Waals surface area contributed by atoms with Gasteiger partial charge in [0, 0.05) is 37.4 Å². The zero-order valence-corrected chi connectivity index (χ0v) is 20.1. The Morgan fingerprint density at radius 1 is 1.24 bits per heavy atom. The normalized spacial score (nSPS) is 14.5. The number of likely N-dealkylation sites (N-methyl/N-ethyl adjacent to an activating group) is 1. The number of carbonyl (C=O) groups excluding carboxylic acids is 1. The fraction of sp³-hybridized carbons (Fsp3) is 0.375. The maximum atomic E-state index is 14.4. The summed E-state index contributed by atoms with van der Waals surface area (Å²) in [5, 5.41) is 3.67. The first-order valence-corrected chi connectivity index (χ1v) is 11.4. The van der Waals surface area contributed by atoms with Crippen LogP contribution in [0.2, 0.25) is 5.02 Å². The number of likely N-dealkylation sites (tertiary alicyclic amines) is 1. The first-order chi connectivity index (χ1) is 16.4. The number of nitrogens with zero attached hydrogens (tertiary/aromatic N) is 4. The zero-order chi connectivity index (χ0) is 24.2. The van der Waals surface area contributed by atoms with Crippen molar-refractivity contribution in [2.45, 2.75) is 18.9 Å². The van der Waals surface area contributed by atoms with Crippen LogP contribution in [0.5, 0.6) is 11.5 Å². The predicted octanol–water partition coefficient (Wildman–Crippen LogP) is 4.11. The van der Waals surface area contributed by atoms with E-state index < -0.39 is 5.82 Å². The van der Waals surface area contributed by atoms with E-state index in [2.05, 4.69) is 15.3 Å². The summed E-state index contributed by atoms with van der Waals surface area (Å²) in [5.41, 5.74) is 0.828. The fourth-order valence-corrected chi connectivity index (χ4v) is 4.09. The minimum Gasteiger partial charge on any atom is -0.493 e. The largest absolute Gasteiger partial charge is 0.493 e. The van der Waals surface area contributed by atoms with Crippen molar-refractivity contribution >= 4 is 39.9 Å². The van der Waals surface area contributed by atoms with Crippen LogP contribution >= 0.6 is 11.6 Å². The van der Waals surface area contributed by atoms with Crippen molar-refractivity contribution in [2.75, 3.05) is 46.2 Å². The monoisotopic (exact) mass is 487 g/mol. The van der Waals surface area contributed by atoms with Crippen molar-refractivity contribution < 1.29 is 18.7 Å². The third-order valence-corrected chi connectivity index (χ3v) is 5.96. The van der Waals surface area contributed by atoms with Crippen molar-refractivity contribution in [1.82, 2.24) is 19.8 Å². The molecule has 34 heavy (non-hydrogen) atoms. The van der Waals surface area contributed by atoms with Gasteiger partial charge in [-0.1, -0.05) is 17.7 Å². The highest BCUT2D eigenvalue weighted by atomic mass is 35.5. The molecule has 0 unspecified atom stereocenters. The van der Waals surface area contributed by atoms with Gasteiger partial charge in [0.05, 0.1) is 29.9 Å². The molecule has 1 saturated heterocycles. The van der Waals surface area contributed by atoms with E-state index in [1.165, 1.54) is 12.4 Å². The molecule has 0 saturated carbocycles. The van der Waals surface area contributed by atoms with Gasteiger partial charge >= 0.3 is 0 Å². The summed E-state index contributed by atoms with van der Waals surface area (Å²) < 4.78 is 26.3. The van der Waals surface area contributed by atoms with E-state index in [4.69, 9.17) is 21.1 Å². The number of hydrogen-bond acceptors (Lipinski definition) is 7. The number of halogens is 2. The van der Waals surface area contributed by atoms with Crippen molar-refractivity contribution in [2.24, 2.45) is 0 Å². The van der Waals surface area contributed by atoms with Crippen LogP contribution in [0, 0.1) is 5.82 Å². The molecule has 8 nitrogen and oxygen atoms in total. The lowest BCUT2D eigenvalue weighted by Gasteiger charge is -2.33. The van der Waals surface area contributed by atoms with E-state index >= 15 is 0 Å². The van der Waals surface area contributed by atoms with E-state index in [0.717, 1.165) is 0 Å². The summed E-state index contributed by atoms with van der Waals surface area (Å²) in [6.07, 6.45) is 2.75. The van der Waals surface area contributed by atoms with E-state index in [0.29, 0.717) is 60.7 Å². The van der Waals surface area contributed by atoms with Crippen LogP contribution in [0.1, 0.15) is 12.8 Å². The zero-order valence-electron chi connectivity index (χ0n) is 19.3. The number of fused-ring (bicyclic) bond motifs is 1. The Morgan fingerprint density at radius 2 is 2.00 bits per heavy atom. The molecule has 0 radical (unpaired) electrons. The minimum atomic E-state index is -0.559. The van der Waals surface area contributed by atoms with Crippen LogP contribution in [0.15, 0.2) is 36.7 Å². The van der Waals surface area contributed by atoms with E-state index in [1.807, 2.05) is 23.9 Å². The number of carbonyl (C=O) groups is 1. The molecule has 0 atom stereocenters. The maximum Gasteiger partial charge on any atom is 0.236 e. The topological polar surface area (TPSA) is 79.8 Å². The third kappa shape index (κ3) is 5.31. The molecular weight excluding hydrogens is 461 g/mol. The van der Waals surface area contributed by atoms with Gasteiger partial charge in [-0.2, -0.15) is 0 Å². The molecule has 2 heterocycles. The van der Waals surface area contributed by atoms with Gasteiger partial charge in [0.2, 0.25) is 5.91 Å². The molecule has 0 aliphatic carbocycles. The lowest BCUT2D eigenvalue weighted by atomic mass is 10.1. The Kier molecular flexibility index (Phi) is 7.33. The first-order valence-electron chi connectivity index (χ1n) is 11.0. The molecule has 10 heteroatoms. The lowest BCUT2D eigenvalue weighted by molar-refractivity contribution is -0.133. The lowest BCUT2D eigenvalue weighted by Crippen LogP contribution is -2.45. The number of hydrogen-bond donors (Lipinski definition) is 1. The molecule has 1 aliphatic rings. The molecule has 3 aromatic rings. The van der Waals surface area contributed by atoms with E-state index in [1.54, 1.807) is 31.4 Å². The Hall–Kier alpha value is -3.17. The summed E-state index contributed by atoms with van der Waals surface area (Å²) in [4.78, 5) is 24.7. The first kappa shape index (κ1) is 24.0. The number of methoxy groups -OCH3 is 1. The molecule has 180 valence electrons. The summed E-state index contributed by atoms with van der Waals surface area (Å²) in [6, 6.07) is 8.28. The summed E-state index contributed by atoms with van der Waals surface area (Å²) >= 11 is 5.91. The molecule has 1 amide bonds. The Balaban J connectivity index is 1.55. The van der Waals surface area contributed by atoms with E-state index in [9.17, 15) is 9.18 Å². The van der Waals surface area contributed by atoms with Crippen molar-refractivity contribution in [3.8, 4) is 11.5 Å². The predicted molar refractivity (Wildman–Crippen MR) is 130 cm³/mol. The summed E-state index contributed by atoms with van der Waals surface area (Å²) in [5.74, 6) is 1.06. The number of anilines is 2. The Bertz CT molecular complexity index is 1180. The average Bonchev–Trinajstić information content (AvgIpc) is 2.82. The van der Waals surface area contributed by atoms with Gasteiger partial charge < -0.3 is 24.6 Å². The van der Waals surface area contributed by atoms with Gasteiger partial charge in [0.15, 0.2) is 17.3 Å². The maximum absolute atomic E-state index is 14.4. The molecule has 1 aromatic heterocycles. The molecule has 1 N–H and O–H groups in total. The van der Waals surface area contributed by atoms with Crippen LogP contribution in [-0.2, 0) is 4.79 Å². The van der Waals surface area contributed by atoms with Crippen LogP contribution in [-0.4, -0.2) is 72.6 Å². The molecule has 1 aliphatic heterocycles. The SMILES string of the molecule is COc1cc2ncnc(Nc3cccc(Cl)c3F)c2cc1OC1CCN(C(=O)CN(C)C)CC1. The van der Waals surface area contributed by atoms with Gasteiger partial charge in [0.25, 0.3) is 0 Å². The Morgan fingerprint density at radius 3 is 2.71 bits per heavy atom. The van der Waals surface area contributed by atoms with Gasteiger partial charge in [-0.25, -0.2) is 14.4 Å². The molecular formula is C24H27ClFN5O3. The summed E-state index contributed by atoms with van der Waals surface area (Å²) in [6.45, 7) is 1.67. The highest BCUT2D eigenvalue weighted by molar-refractivity contribution is 6.31. The molecule has 4 rings (SSSR count). The molecule has 0 spiro atoms. The number of benzene rings is 2. The van der Waals surface area contributed by atoms with Crippen molar-refractivity contribution in [3.63, 3.8) is 0 Å². The number of amides is 1. The fourth-order valence-electron chi connectivity index (χ4n) is 3.92. The minimum absolute atomic E-state index is 0.0180. The number of nitrogens with one attached hydrogen (secondary N) is 1. The second kappa shape index (κ2) is 10.4. The van der Waals surface area contributed by atoms with Gasteiger partial charge in [-0.05, 0) is 32.3 Å². The van der Waals surface area contributed by atoms with Crippen molar-refractivity contribution in [3.05, 3.63) is 47.5 Å². The quantitative estimate of drug-likeness (QED) is 0.537. The van der Waals surface area contributed by atoms with Gasteiger partial charge in [-0.15, -0.1) is 0 Å². The van der Waals surface area contributed by atoms with Crippen LogP contribution < -0.4 is 14.8 Å². The van der Waals surface area contributed by atoms with E-state index in [-0.39, 0.29) is 22.7 Å². The molecule has 1 fully saturated rings. The molecule has 0 bridgehead atoms. The second-order valence-corrected chi connectivity index (χ2v) is 8.81. The number of aromatic nitrogens is 2. The Labute approximate surface area is 202 Å².